The number of Topliss-reactive ketones (excluding diaryl/α,β-unsaturated/α-hetero) is 1. The van der Waals surface area contributed by atoms with Crippen molar-refractivity contribution in [1.29, 1.82) is 0 Å². The lowest BCUT2D eigenvalue weighted by Gasteiger charge is -2.10. The molecule has 9 heteroatoms. The molecule has 34 heavy (non-hydrogen) atoms. The molecule has 2 aromatic heterocycles. The summed E-state index contributed by atoms with van der Waals surface area (Å²) in [5.41, 5.74) is 5.04. The maximum atomic E-state index is 13.0. The number of hydrogen-bond donors (Lipinski definition) is 1. The number of aromatic nitrogens is 3. The van der Waals surface area contributed by atoms with Crippen LogP contribution in [0, 0.1) is 13.8 Å². The molecule has 0 saturated carbocycles. The van der Waals surface area contributed by atoms with Crippen molar-refractivity contribution in [2.75, 3.05) is 17.9 Å². The molecule has 0 bridgehead atoms. The van der Waals surface area contributed by atoms with Gasteiger partial charge in [-0.05, 0) is 43.2 Å². The van der Waals surface area contributed by atoms with Crippen molar-refractivity contribution in [2.24, 2.45) is 0 Å². The molecule has 0 radical (unpaired) electrons. The van der Waals surface area contributed by atoms with Gasteiger partial charge in [-0.3, -0.25) is 4.79 Å². The first-order valence-corrected chi connectivity index (χ1v) is 12.7. The number of ether oxygens (including phenoxy) is 2. The van der Waals surface area contributed by atoms with Gasteiger partial charge in [0, 0.05) is 30.0 Å². The van der Waals surface area contributed by atoms with Crippen LogP contribution in [0.25, 0.3) is 0 Å². The van der Waals surface area contributed by atoms with E-state index in [2.05, 4.69) is 32.2 Å². The van der Waals surface area contributed by atoms with Gasteiger partial charge in [-0.15, -0.1) is 10.2 Å². The Bertz CT molecular complexity index is 1320. The van der Waals surface area contributed by atoms with Crippen LogP contribution in [0.15, 0.2) is 58.9 Å². The van der Waals surface area contributed by atoms with Gasteiger partial charge in [-0.2, -0.15) is 0 Å². The molecule has 2 aromatic carbocycles. The summed E-state index contributed by atoms with van der Waals surface area (Å²) in [6.45, 7) is 5.64. The monoisotopic (exact) mass is 492 g/mol. The molecule has 174 valence electrons. The zero-order valence-electron chi connectivity index (χ0n) is 18.9. The van der Waals surface area contributed by atoms with Gasteiger partial charge >= 0.3 is 0 Å². The van der Waals surface area contributed by atoms with E-state index in [0.29, 0.717) is 18.8 Å². The van der Waals surface area contributed by atoms with Crippen LogP contribution in [0.2, 0.25) is 0 Å². The fourth-order valence-electron chi connectivity index (χ4n) is 3.87. The summed E-state index contributed by atoms with van der Waals surface area (Å²) in [6, 6.07) is 18.1. The molecule has 3 heterocycles. The molecule has 0 fully saturated rings. The molecule has 1 aliphatic heterocycles. The van der Waals surface area contributed by atoms with Crippen LogP contribution in [-0.2, 0) is 13.1 Å². The number of ketones is 1. The van der Waals surface area contributed by atoms with Gasteiger partial charge < -0.3 is 19.4 Å². The summed E-state index contributed by atoms with van der Waals surface area (Å²) in [5, 5.41) is 12.4. The maximum Gasteiger partial charge on any atom is 0.231 e. The number of hydrogen-bond acceptors (Lipinski definition) is 8. The topological polar surface area (TPSA) is 78.3 Å². The standard InChI is InChI=1S/C25H24N4O3S2/c1-16-10-20(17(2)29(16)13-19-8-9-22-23(11-19)32-15-31-22)21(30)14-33-25-28-27-24(34-25)26-12-18-6-4-3-5-7-18/h3-11H,12-15H2,1-2H3,(H,26,27). The first-order chi connectivity index (χ1) is 16.6. The van der Waals surface area contributed by atoms with Crippen molar-refractivity contribution in [1.82, 2.24) is 14.8 Å². The van der Waals surface area contributed by atoms with Crippen molar-refractivity contribution in [2.45, 2.75) is 31.3 Å². The summed E-state index contributed by atoms with van der Waals surface area (Å²) in [5.74, 6) is 1.95. The Kier molecular flexibility index (Phi) is 6.55. The predicted octanol–water partition coefficient (Wildman–Crippen LogP) is 5.32. The van der Waals surface area contributed by atoms with Gasteiger partial charge in [0.15, 0.2) is 21.6 Å². The minimum absolute atomic E-state index is 0.0871. The first-order valence-electron chi connectivity index (χ1n) is 10.9. The number of fused-ring (bicyclic) bond motifs is 1. The first kappa shape index (κ1) is 22.5. The highest BCUT2D eigenvalue weighted by Gasteiger charge is 2.18. The summed E-state index contributed by atoms with van der Waals surface area (Å²) in [4.78, 5) is 13.0. The van der Waals surface area contributed by atoms with E-state index in [-0.39, 0.29) is 12.6 Å². The van der Waals surface area contributed by atoms with Gasteiger partial charge in [-0.1, -0.05) is 59.5 Å². The van der Waals surface area contributed by atoms with Gasteiger partial charge in [0.05, 0.1) is 5.75 Å². The van der Waals surface area contributed by atoms with Gasteiger partial charge in [0.25, 0.3) is 0 Å². The van der Waals surface area contributed by atoms with Gasteiger partial charge in [0.2, 0.25) is 11.9 Å². The number of rotatable bonds is 9. The number of nitrogens with one attached hydrogen (secondary N) is 1. The highest BCUT2D eigenvalue weighted by atomic mass is 32.2. The zero-order chi connectivity index (χ0) is 23.5. The maximum absolute atomic E-state index is 13.0. The largest absolute Gasteiger partial charge is 0.454 e. The molecule has 0 spiro atoms. The molecular weight excluding hydrogens is 468 g/mol. The molecule has 0 amide bonds. The highest BCUT2D eigenvalue weighted by molar-refractivity contribution is 8.01. The Balaban J connectivity index is 1.20. The number of thioether (sulfide) groups is 1. The number of carbonyl (C=O) groups excluding carboxylic acids is 1. The Labute approximate surface area is 206 Å². The highest BCUT2D eigenvalue weighted by Crippen LogP contribution is 2.33. The number of anilines is 1. The molecule has 7 nitrogen and oxygen atoms in total. The van der Waals surface area contributed by atoms with Crippen LogP contribution in [0.1, 0.15) is 32.9 Å². The smallest absolute Gasteiger partial charge is 0.231 e. The summed E-state index contributed by atoms with van der Waals surface area (Å²) in [7, 11) is 0. The van der Waals surface area contributed by atoms with E-state index in [1.165, 1.54) is 28.7 Å². The fraction of sp³-hybridized carbons (Fsp3) is 0.240. The second-order valence-corrected chi connectivity index (χ2v) is 10.2. The molecule has 5 rings (SSSR count). The molecule has 4 aromatic rings. The number of carbonyl (C=O) groups is 1. The molecule has 0 aliphatic carbocycles. The van der Waals surface area contributed by atoms with Crippen LogP contribution in [0.5, 0.6) is 11.5 Å². The molecule has 1 N–H and O–H groups in total. The van der Waals surface area contributed by atoms with E-state index < -0.39 is 0 Å². The summed E-state index contributed by atoms with van der Waals surface area (Å²) < 4.78 is 13.8. The van der Waals surface area contributed by atoms with E-state index in [1.54, 1.807) is 0 Å². The zero-order valence-corrected chi connectivity index (χ0v) is 20.5. The van der Waals surface area contributed by atoms with E-state index >= 15 is 0 Å². The van der Waals surface area contributed by atoms with Crippen LogP contribution < -0.4 is 14.8 Å². The van der Waals surface area contributed by atoms with Gasteiger partial charge in [0.1, 0.15) is 0 Å². The SMILES string of the molecule is Cc1cc(C(=O)CSc2nnc(NCc3ccccc3)s2)c(C)n1Cc1ccc2c(c1)OCO2. The molecule has 0 atom stereocenters. The van der Waals surface area contributed by atoms with Crippen LogP contribution >= 0.6 is 23.1 Å². The lowest BCUT2D eigenvalue weighted by molar-refractivity contribution is 0.102. The average molecular weight is 493 g/mol. The predicted molar refractivity (Wildman–Crippen MR) is 134 cm³/mol. The number of aryl methyl sites for hydroxylation is 1. The second-order valence-electron chi connectivity index (χ2n) is 7.98. The Morgan fingerprint density at radius 2 is 1.88 bits per heavy atom. The third-order valence-electron chi connectivity index (χ3n) is 5.67. The van der Waals surface area contributed by atoms with E-state index in [0.717, 1.165) is 43.5 Å². The summed E-state index contributed by atoms with van der Waals surface area (Å²) in [6.07, 6.45) is 0. The average Bonchev–Trinajstić information content (AvgIpc) is 3.57. The van der Waals surface area contributed by atoms with Crippen molar-refractivity contribution in [3.05, 3.63) is 82.7 Å². The van der Waals surface area contributed by atoms with Crippen molar-refractivity contribution in [3.8, 4) is 11.5 Å². The van der Waals surface area contributed by atoms with Crippen LogP contribution in [0.4, 0.5) is 5.13 Å². The van der Waals surface area contributed by atoms with E-state index in [1.807, 2.05) is 56.3 Å². The minimum atomic E-state index is 0.0871. The van der Waals surface area contributed by atoms with Crippen molar-refractivity contribution < 1.29 is 14.3 Å². The fourth-order valence-corrected chi connectivity index (χ4v) is 5.50. The number of nitrogens with zero attached hydrogens (tertiary/aromatic N) is 3. The second kappa shape index (κ2) is 9.90. The van der Waals surface area contributed by atoms with Gasteiger partial charge in [-0.25, -0.2) is 0 Å². The Hall–Kier alpha value is -3.30. The molecular formula is C25H24N4O3S2. The normalized spacial score (nSPS) is 12.2. The van der Waals surface area contributed by atoms with Crippen molar-refractivity contribution in [3.63, 3.8) is 0 Å². The quantitative estimate of drug-likeness (QED) is 0.250. The minimum Gasteiger partial charge on any atom is -0.454 e. The Morgan fingerprint density at radius 3 is 2.74 bits per heavy atom. The number of benzene rings is 2. The van der Waals surface area contributed by atoms with Crippen LogP contribution in [-0.4, -0.2) is 33.1 Å². The molecule has 0 unspecified atom stereocenters. The van der Waals surface area contributed by atoms with Crippen LogP contribution in [0.3, 0.4) is 0 Å². The molecule has 1 aliphatic rings. The molecule has 0 saturated heterocycles. The summed E-state index contributed by atoms with van der Waals surface area (Å²) >= 11 is 2.89. The lowest BCUT2D eigenvalue weighted by atomic mass is 10.1. The third kappa shape index (κ3) is 4.95. The van der Waals surface area contributed by atoms with Crippen molar-refractivity contribution >= 4 is 34.0 Å². The lowest BCUT2D eigenvalue weighted by Crippen LogP contribution is -2.07. The Morgan fingerprint density at radius 1 is 1.06 bits per heavy atom. The third-order valence-corrected chi connectivity index (χ3v) is 7.69. The van der Waals surface area contributed by atoms with E-state index in [9.17, 15) is 4.79 Å². The van der Waals surface area contributed by atoms with E-state index in [4.69, 9.17) is 9.47 Å².